The van der Waals surface area contributed by atoms with Crippen molar-refractivity contribution in [1.29, 1.82) is 0 Å². The second kappa shape index (κ2) is 4.71. The van der Waals surface area contributed by atoms with E-state index in [-0.39, 0.29) is 29.4 Å². The predicted molar refractivity (Wildman–Crippen MR) is 63.9 cm³/mol. The van der Waals surface area contributed by atoms with E-state index < -0.39 is 0 Å². The van der Waals surface area contributed by atoms with Gasteiger partial charge in [-0.05, 0) is 26.0 Å². The Hall–Kier alpha value is -1.62. The summed E-state index contributed by atoms with van der Waals surface area (Å²) >= 11 is 0. The molecule has 1 saturated heterocycles. The number of carbonyl (C=O) groups is 1. The van der Waals surface area contributed by atoms with Gasteiger partial charge in [0.15, 0.2) is 5.69 Å². The van der Waals surface area contributed by atoms with Crippen molar-refractivity contribution in [3.05, 3.63) is 24.0 Å². The molecule has 1 aromatic rings. The molecular weight excluding hydrogens is 218 g/mol. The number of aromatic nitrogens is 1. The monoisotopic (exact) mass is 235 g/mol. The van der Waals surface area contributed by atoms with Gasteiger partial charge in [0.2, 0.25) is 0 Å². The Morgan fingerprint density at radius 2 is 2.12 bits per heavy atom. The second-order valence-corrected chi connectivity index (χ2v) is 4.44. The fourth-order valence-corrected chi connectivity index (χ4v) is 2.22. The molecule has 0 saturated carbocycles. The molecule has 17 heavy (non-hydrogen) atoms. The largest absolute Gasteiger partial charge is 0.505 e. The lowest BCUT2D eigenvalue weighted by Crippen LogP contribution is -2.57. The van der Waals surface area contributed by atoms with E-state index in [0.717, 1.165) is 13.1 Å². The molecule has 2 N–H and O–H groups in total. The Labute approximate surface area is 100 Å². The molecule has 5 nitrogen and oxygen atoms in total. The van der Waals surface area contributed by atoms with Crippen molar-refractivity contribution < 1.29 is 9.90 Å². The first-order valence-corrected chi connectivity index (χ1v) is 5.78. The van der Waals surface area contributed by atoms with E-state index in [4.69, 9.17) is 0 Å². The summed E-state index contributed by atoms with van der Waals surface area (Å²) in [6.45, 7) is 5.51. The molecule has 1 amide bonds. The van der Waals surface area contributed by atoms with Crippen molar-refractivity contribution in [3.63, 3.8) is 0 Å². The maximum Gasteiger partial charge on any atom is 0.276 e. The molecule has 2 rings (SSSR count). The normalized spacial score (nSPS) is 24.7. The fraction of sp³-hybridized carbons (Fsp3) is 0.500. The minimum absolute atomic E-state index is 0.0598. The molecule has 2 atom stereocenters. The van der Waals surface area contributed by atoms with Gasteiger partial charge in [0, 0.05) is 31.4 Å². The zero-order valence-electron chi connectivity index (χ0n) is 10.1. The maximum absolute atomic E-state index is 12.3. The van der Waals surface area contributed by atoms with Gasteiger partial charge in [0.25, 0.3) is 5.91 Å². The summed E-state index contributed by atoms with van der Waals surface area (Å²) in [5.41, 5.74) is 0.133. The van der Waals surface area contributed by atoms with Crippen molar-refractivity contribution in [2.75, 3.05) is 13.1 Å². The summed E-state index contributed by atoms with van der Waals surface area (Å²) in [5.74, 6) is -0.264. The van der Waals surface area contributed by atoms with Gasteiger partial charge < -0.3 is 15.3 Å². The number of amides is 1. The van der Waals surface area contributed by atoms with E-state index in [1.807, 2.05) is 13.8 Å². The molecule has 0 spiro atoms. The highest BCUT2D eigenvalue weighted by Gasteiger charge is 2.31. The van der Waals surface area contributed by atoms with E-state index in [1.54, 1.807) is 11.0 Å². The van der Waals surface area contributed by atoms with Crippen molar-refractivity contribution >= 4 is 5.91 Å². The third kappa shape index (κ3) is 2.24. The van der Waals surface area contributed by atoms with Crippen LogP contribution < -0.4 is 5.32 Å². The summed E-state index contributed by atoms with van der Waals surface area (Å²) in [6.07, 6.45) is 1.52. The summed E-state index contributed by atoms with van der Waals surface area (Å²) in [6, 6.07) is 3.30. The summed E-state index contributed by atoms with van der Waals surface area (Å²) < 4.78 is 0. The Balaban J connectivity index is 2.27. The predicted octanol–water partition coefficient (Wildman–Crippen LogP) is 0.610. The van der Waals surface area contributed by atoms with Crippen LogP contribution in [0.4, 0.5) is 0 Å². The van der Waals surface area contributed by atoms with Crippen LogP contribution in [0.2, 0.25) is 0 Å². The van der Waals surface area contributed by atoms with Crippen LogP contribution in [0.15, 0.2) is 18.3 Å². The molecular formula is C12H17N3O2. The van der Waals surface area contributed by atoms with Crippen molar-refractivity contribution in [2.24, 2.45) is 0 Å². The number of piperazine rings is 1. The maximum atomic E-state index is 12.3. The van der Waals surface area contributed by atoms with Gasteiger partial charge in [0.1, 0.15) is 5.75 Å². The SMILES string of the molecule is CC1CNCC(C)N1C(=O)c1ncccc1O. The molecule has 5 heteroatoms. The minimum atomic E-state index is -0.204. The van der Waals surface area contributed by atoms with E-state index in [1.165, 1.54) is 12.3 Å². The van der Waals surface area contributed by atoms with Gasteiger partial charge in [0.05, 0.1) is 0 Å². The van der Waals surface area contributed by atoms with Crippen LogP contribution in [-0.4, -0.2) is 46.1 Å². The van der Waals surface area contributed by atoms with E-state index in [2.05, 4.69) is 10.3 Å². The summed E-state index contributed by atoms with van der Waals surface area (Å²) in [4.78, 5) is 18.1. The molecule has 92 valence electrons. The van der Waals surface area contributed by atoms with Crippen LogP contribution in [0.25, 0.3) is 0 Å². The number of nitrogens with one attached hydrogen (secondary N) is 1. The number of hydrogen-bond donors (Lipinski definition) is 2. The van der Waals surface area contributed by atoms with Crippen LogP contribution in [0.5, 0.6) is 5.75 Å². The third-order valence-electron chi connectivity index (χ3n) is 3.05. The van der Waals surface area contributed by atoms with E-state index in [0.29, 0.717) is 0 Å². The average Bonchev–Trinajstić information content (AvgIpc) is 2.29. The summed E-state index contributed by atoms with van der Waals surface area (Å²) in [7, 11) is 0. The lowest BCUT2D eigenvalue weighted by atomic mass is 10.1. The Bertz CT molecular complexity index is 412. The smallest absolute Gasteiger partial charge is 0.276 e. The highest BCUT2D eigenvalue weighted by atomic mass is 16.3. The van der Waals surface area contributed by atoms with Crippen LogP contribution in [-0.2, 0) is 0 Å². The number of nitrogens with zero attached hydrogens (tertiary/aromatic N) is 2. The quantitative estimate of drug-likeness (QED) is 0.748. The first-order chi connectivity index (χ1) is 8.11. The zero-order valence-corrected chi connectivity index (χ0v) is 10.1. The number of hydrogen-bond acceptors (Lipinski definition) is 4. The average molecular weight is 235 g/mol. The number of aromatic hydroxyl groups is 1. The lowest BCUT2D eigenvalue weighted by Gasteiger charge is -2.39. The van der Waals surface area contributed by atoms with E-state index >= 15 is 0 Å². The second-order valence-electron chi connectivity index (χ2n) is 4.44. The fourth-order valence-electron chi connectivity index (χ4n) is 2.22. The van der Waals surface area contributed by atoms with Crippen molar-refractivity contribution in [1.82, 2.24) is 15.2 Å². The molecule has 1 fully saturated rings. The summed E-state index contributed by atoms with van der Waals surface area (Å²) in [5, 5.41) is 12.9. The molecule has 0 aromatic carbocycles. The highest BCUT2D eigenvalue weighted by molar-refractivity contribution is 5.95. The molecule has 0 bridgehead atoms. The third-order valence-corrected chi connectivity index (χ3v) is 3.05. The number of carbonyl (C=O) groups excluding carboxylic acids is 1. The standard InChI is InChI=1S/C12H17N3O2/c1-8-6-13-7-9(2)15(8)12(17)11-10(16)4-3-5-14-11/h3-5,8-9,13,16H,6-7H2,1-2H3. The van der Waals surface area contributed by atoms with E-state index in [9.17, 15) is 9.90 Å². The zero-order chi connectivity index (χ0) is 12.4. The first kappa shape index (κ1) is 11.9. The van der Waals surface area contributed by atoms with Crippen LogP contribution >= 0.6 is 0 Å². The van der Waals surface area contributed by atoms with Crippen LogP contribution in [0.1, 0.15) is 24.3 Å². The molecule has 1 aliphatic rings. The molecule has 1 aliphatic heterocycles. The van der Waals surface area contributed by atoms with Crippen molar-refractivity contribution in [3.8, 4) is 5.75 Å². The topological polar surface area (TPSA) is 65.5 Å². The molecule has 1 aromatic heterocycles. The minimum Gasteiger partial charge on any atom is -0.505 e. The number of pyridine rings is 1. The molecule has 0 radical (unpaired) electrons. The van der Waals surface area contributed by atoms with Gasteiger partial charge in [-0.3, -0.25) is 4.79 Å². The highest BCUT2D eigenvalue weighted by Crippen LogP contribution is 2.19. The van der Waals surface area contributed by atoms with Gasteiger partial charge in [-0.25, -0.2) is 4.98 Å². The van der Waals surface area contributed by atoms with Crippen molar-refractivity contribution in [2.45, 2.75) is 25.9 Å². The Morgan fingerprint density at radius 3 is 2.71 bits per heavy atom. The van der Waals surface area contributed by atoms with Gasteiger partial charge in [-0.2, -0.15) is 0 Å². The number of rotatable bonds is 1. The lowest BCUT2D eigenvalue weighted by molar-refractivity contribution is 0.0535. The molecule has 0 aliphatic carbocycles. The van der Waals surface area contributed by atoms with Gasteiger partial charge in [-0.1, -0.05) is 0 Å². The Morgan fingerprint density at radius 1 is 1.47 bits per heavy atom. The molecule has 2 unspecified atom stereocenters. The van der Waals surface area contributed by atoms with Crippen LogP contribution in [0.3, 0.4) is 0 Å². The van der Waals surface area contributed by atoms with Crippen LogP contribution in [0, 0.1) is 0 Å². The van der Waals surface area contributed by atoms with Gasteiger partial charge in [-0.15, -0.1) is 0 Å². The Kier molecular flexibility index (Phi) is 3.28. The first-order valence-electron chi connectivity index (χ1n) is 5.78. The van der Waals surface area contributed by atoms with Gasteiger partial charge >= 0.3 is 0 Å². The molecule has 2 heterocycles.